The maximum absolute atomic E-state index is 13.0. The van der Waals surface area contributed by atoms with Gasteiger partial charge in [-0.1, -0.05) is 25.7 Å². The number of carbonyl (C=O) groups is 1. The SMILES string of the molecule is O=C1Cc2cc(S(=O)(=O)N3CCN(C4CCCCCC4)CC3)ccc2N1. The lowest BCUT2D eigenvalue weighted by Gasteiger charge is -2.38. The second-order valence-electron chi connectivity index (χ2n) is 7.63. The van der Waals surface area contributed by atoms with Crippen LogP contribution in [-0.4, -0.2) is 55.8 Å². The zero-order valence-corrected chi connectivity index (χ0v) is 15.9. The molecule has 0 atom stereocenters. The molecule has 2 heterocycles. The molecule has 0 unspecified atom stereocenters. The first-order valence-electron chi connectivity index (χ1n) is 9.71. The van der Waals surface area contributed by atoms with Crippen LogP contribution >= 0.6 is 0 Å². The first kappa shape index (κ1) is 17.9. The number of hydrogen-bond donors (Lipinski definition) is 1. The summed E-state index contributed by atoms with van der Waals surface area (Å²) < 4.78 is 27.6. The summed E-state index contributed by atoms with van der Waals surface area (Å²) in [6.07, 6.45) is 8.02. The number of fused-ring (bicyclic) bond motifs is 1. The summed E-state index contributed by atoms with van der Waals surface area (Å²) >= 11 is 0. The average molecular weight is 378 g/mol. The zero-order valence-electron chi connectivity index (χ0n) is 15.1. The predicted molar refractivity (Wildman–Crippen MR) is 101 cm³/mol. The van der Waals surface area contributed by atoms with E-state index in [0.717, 1.165) is 24.3 Å². The number of amides is 1. The molecule has 2 aliphatic heterocycles. The van der Waals surface area contributed by atoms with Gasteiger partial charge in [-0.3, -0.25) is 9.69 Å². The molecule has 1 amide bonds. The van der Waals surface area contributed by atoms with Gasteiger partial charge in [0.2, 0.25) is 15.9 Å². The summed E-state index contributed by atoms with van der Waals surface area (Å²) in [6.45, 7) is 2.73. The first-order valence-corrected chi connectivity index (χ1v) is 11.1. The van der Waals surface area contributed by atoms with Crippen LogP contribution in [0.2, 0.25) is 0 Å². The number of nitrogens with one attached hydrogen (secondary N) is 1. The van der Waals surface area contributed by atoms with Crippen LogP contribution < -0.4 is 5.32 Å². The van der Waals surface area contributed by atoms with Gasteiger partial charge in [0, 0.05) is 37.9 Å². The van der Waals surface area contributed by atoms with E-state index < -0.39 is 10.0 Å². The number of rotatable bonds is 3. The number of piperazine rings is 1. The molecule has 142 valence electrons. The molecule has 0 spiro atoms. The Labute approximate surface area is 155 Å². The van der Waals surface area contributed by atoms with Crippen LogP contribution in [0.25, 0.3) is 0 Å². The number of anilines is 1. The van der Waals surface area contributed by atoms with Crippen molar-refractivity contribution < 1.29 is 13.2 Å². The maximum Gasteiger partial charge on any atom is 0.243 e. The summed E-state index contributed by atoms with van der Waals surface area (Å²) in [7, 11) is -3.49. The van der Waals surface area contributed by atoms with Crippen molar-refractivity contribution in [2.45, 2.75) is 55.9 Å². The second kappa shape index (κ2) is 7.29. The molecule has 1 N–H and O–H groups in total. The molecule has 1 aromatic carbocycles. The number of carbonyl (C=O) groups excluding carboxylic acids is 1. The van der Waals surface area contributed by atoms with Gasteiger partial charge in [-0.25, -0.2) is 8.42 Å². The number of sulfonamides is 1. The van der Waals surface area contributed by atoms with Crippen molar-refractivity contribution in [3.8, 4) is 0 Å². The van der Waals surface area contributed by atoms with Crippen molar-refractivity contribution in [1.29, 1.82) is 0 Å². The summed E-state index contributed by atoms with van der Waals surface area (Å²) in [5.74, 6) is -0.0773. The Balaban J connectivity index is 1.43. The van der Waals surface area contributed by atoms with Crippen LogP contribution in [-0.2, 0) is 21.2 Å². The predicted octanol–water partition coefficient (Wildman–Crippen LogP) is 2.21. The van der Waals surface area contributed by atoms with Crippen LogP contribution in [0.4, 0.5) is 5.69 Å². The molecule has 3 aliphatic rings. The van der Waals surface area contributed by atoms with Crippen molar-refractivity contribution in [3.63, 3.8) is 0 Å². The lowest BCUT2D eigenvalue weighted by molar-refractivity contribution is -0.115. The molecule has 26 heavy (non-hydrogen) atoms. The highest BCUT2D eigenvalue weighted by Crippen LogP contribution is 2.28. The maximum atomic E-state index is 13.0. The Kier molecular flexibility index (Phi) is 5.03. The van der Waals surface area contributed by atoms with E-state index in [2.05, 4.69) is 10.2 Å². The first-order chi connectivity index (χ1) is 12.5. The zero-order chi connectivity index (χ0) is 18.1. The van der Waals surface area contributed by atoms with E-state index in [9.17, 15) is 13.2 Å². The molecule has 2 fully saturated rings. The van der Waals surface area contributed by atoms with Crippen molar-refractivity contribution in [2.75, 3.05) is 31.5 Å². The third-order valence-electron chi connectivity index (χ3n) is 5.95. The number of hydrogen-bond acceptors (Lipinski definition) is 4. The molecule has 1 saturated carbocycles. The normalized spacial score (nSPS) is 23.5. The van der Waals surface area contributed by atoms with E-state index in [1.165, 1.54) is 38.5 Å². The van der Waals surface area contributed by atoms with Gasteiger partial charge in [0.15, 0.2) is 0 Å². The van der Waals surface area contributed by atoms with Crippen molar-refractivity contribution >= 4 is 21.6 Å². The van der Waals surface area contributed by atoms with Crippen molar-refractivity contribution in [1.82, 2.24) is 9.21 Å². The molecule has 1 aliphatic carbocycles. The van der Waals surface area contributed by atoms with E-state index >= 15 is 0 Å². The second-order valence-corrected chi connectivity index (χ2v) is 9.57. The van der Waals surface area contributed by atoms with Crippen LogP contribution in [0.1, 0.15) is 44.1 Å². The van der Waals surface area contributed by atoms with Crippen LogP contribution in [0.5, 0.6) is 0 Å². The Morgan fingerprint density at radius 2 is 1.65 bits per heavy atom. The molecule has 1 saturated heterocycles. The van der Waals surface area contributed by atoms with E-state index in [-0.39, 0.29) is 12.3 Å². The van der Waals surface area contributed by atoms with Gasteiger partial charge in [-0.05, 0) is 36.6 Å². The van der Waals surface area contributed by atoms with Gasteiger partial charge in [0.25, 0.3) is 0 Å². The Morgan fingerprint density at radius 1 is 0.962 bits per heavy atom. The standard InChI is InChI=1S/C19H27N3O3S/c23-19-14-15-13-17(7-8-18(15)20-19)26(24,25)22-11-9-21(10-12-22)16-5-3-1-2-4-6-16/h7-8,13,16H,1-6,9-12,14H2,(H,20,23). The fraction of sp³-hybridized carbons (Fsp3) is 0.632. The minimum absolute atomic E-state index is 0.0773. The van der Waals surface area contributed by atoms with E-state index in [0.29, 0.717) is 24.0 Å². The molecular weight excluding hydrogens is 350 g/mol. The quantitative estimate of drug-likeness (QED) is 0.820. The highest BCUT2D eigenvalue weighted by molar-refractivity contribution is 7.89. The average Bonchev–Trinajstić information content (AvgIpc) is 2.83. The largest absolute Gasteiger partial charge is 0.326 e. The summed E-state index contributed by atoms with van der Waals surface area (Å²) in [4.78, 5) is 14.3. The van der Waals surface area contributed by atoms with Crippen LogP contribution in [0.3, 0.4) is 0 Å². The summed E-state index contributed by atoms with van der Waals surface area (Å²) in [5.41, 5.74) is 1.50. The van der Waals surface area contributed by atoms with Gasteiger partial charge in [-0.2, -0.15) is 4.31 Å². The Morgan fingerprint density at radius 3 is 2.35 bits per heavy atom. The van der Waals surface area contributed by atoms with Gasteiger partial charge in [-0.15, -0.1) is 0 Å². The molecule has 0 bridgehead atoms. The van der Waals surface area contributed by atoms with Crippen LogP contribution in [0, 0.1) is 0 Å². The molecular formula is C19H27N3O3S. The van der Waals surface area contributed by atoms with Crippen molar-refractivity contribution in [2.24, 2.45) is 0 Å². The number of nitrogens with zero attached hydrogens (tertiary/aromatic N) is 2. The highest BCUT2D eigenvalue weighted by atomic mass is 32.2. The van der Waals surface area contributed by atoms with Crippen LogP contribution in [0.15, 0.2) is 23.1 Å². The molecule has 0 aromatic heterocycles. The van der Waals surface area contributed by atoms with E-state index in [4.69, 9.17) is 0 Å². The fourth-order valence-corrected chi connectivity index (χ4v) is 5.92. The third kappa shape index (κ3) is 3.52. The lowest BCUT2D eigenvalue weighted by atomic mass is 10.1. The third-order valence-corrected chi connectivity index (χ3v) is 7.85. The monoisotopic (exact) mass is 377 g/mol. The Bertz CT molecular complexity index is 777. The topological polar surface area (TPSA) is 69.7 Å². The van der Waals surface area contributed by atoms with Gasteiger partial charge < -0.3 is 5.32 Å². The Hall–Kier alpha value is -1.44. The molecule has 6 nitrogen and oxygen atoms in total. The molecule has 0 radical (unpaired) electrons. The molecule has 4 rings (SSSR count). The minimum Gasteiger partial charge on any atom is -0.326 e. The summed E-state index contributed by atoms with van der Waals surface area (Å²) in [5, 5.41) is 2.75. The smallest absolute Gasteiger partial charge is 0.243 e. The summed E-state index contributed by atoms with van der Waals surface area (Å²) in [6, 6.07) is 5.59. The van der Waals surface area contributed by atoms with Gasteiger partial charge >= 0.3 is 0 Å². The molecule has 1 aromatic rings. The van der Waals surface area contributed by atoms with Gasteiger partial charge in [0.1, 0.15) is 0 Å². The fourth-order valence-electron chi connectivity index (χ4n) is 4.45. The lowest BCUT2D eigenvalue weighted by Crippen LogP contribution is -2.51. The van der Waals surface area contributed by atoms with Gasteiger partial charge in [0.05, 0.1) is 11.3 Å². The number of benzene rings is 1. The van der Waals surface area contributed by atoms with E-state index in [1.54, 1.807) is 22.5 Å². The molecule has 7 heteroatoms. The minimum atomic E-state index is -3.49. The van der Waals surface area contributed by atoms with Crippen molar-refractivity contribution in [3.05, 3.63) is 23.8 Å². The van der Waals surface area contributed by atoms with E-state index in [1.807, 2.05) is 0 Å². The highest BCUT2D eigenvalue weighted by Gasteiger charge is 2.32.